The van der Waals surface area contributed by atoms with E-state index in [1.54, 1.807) is 16.2 Å². The highest BCUT2D eigenvalue weighted by atomic mass is 32.1. The zero-order chi connectivity index (χ0) is 19.0. The molecule has 0 saturated carbocycles. The second-order valence-electron chi connectivity index (χ2n) is 6.69. The van der Waals surface area contributed by atoms with Crippen molar-refractivity contribution in [3.63, 3.8) is 0 Å². The van der Waals surface area contributed by atoms with Gasteiger partial charge in [-0.25, -0.2) is 4.98 Å². The molecule has 7 heteroatoms. The third-order valence-corrected chi connectivity index (χ3v) is 6.00. The van der Waals surface area contributed by atoms with Gasteiger partial charge in [-0.2, -0.15) is 13.2 Å². The summed E-state index contributed by atoms with van der Waals surface area (Å²) in [6, 6.07) is 12.5. The van der Waals surface area contributed by atoms with Crippen LogP contribution in [0.5, 0.6) is 0 Å². The van der Waals surface area contributed by atoms with Gasteiger partial charge >= 0.3 is 6.18 Å². The molecular formula is C20H17F3N2OS. The molecule has 0 spiro atoms. The van der Waals surface area contributed by atoms with Crippen LogP contribution in [0.25, 0.3) is 10.2 Å². The Labute approximate surface area is 158 Å². The van der Waals surface area contributed by atoms with Crippen molar-refractivity contribution >= 4 is 27.5 Å². The Bertz CT molecular complexity index is 950. The number of likely N-dealkylation sites (tertiary alicyclic amines) is 1. The van der Waals surface area contributed by atoms with Crippen LogP contribution in [0.3, 0.4) is 0 Å². The minimum absolute atomic E-state index is 0.0785. The molecule has 0 unspecified atom stereocenters. The van der Waals surface area contributed by atoms with Gasteiger partial charge in [0.15, 0.2) is 0 Å². The number of halogens is 3. The molecule has 0 N–H and O–H groups in total. The topological polar surface area (TPSA) is 33.2 Å². The van der Waals surface area contributed by atoms with E-state index in [9.17, 15) is 18.0 Å². The number of thiazole rings is 1. The molecule has 27 heavy (non-hydrogen) atoms. The molecule has 140 valence electrons. The van der Waals surface area contributed by atoms with Gasteiger partial charge in [0, 0.05) is 24.6 Å². The van der Waals surface area contributed by atoms with Crippen molar-refractivity contribution in [2.75, 3.05) is 13.1 Å². The smallest absolute Gasteiger partial charge is 0.338 e. The van der Waals surface area contributed by atoms with Gasteiger partial charge in [0.25, 0.3) is 5.91 Å². The molecule has 0 radical (unpaired) electrons. The molecule has 1 aromatic heterocycles. The van der Waals surface area contributed by atoms with Gasteiger partial charge in [0.05, 0.1) is 20.8 Å². The van der Waals surface area contributed by atoms with E-state index in [-0.39, 0.29) is 17.4 Å². The summed E-state index contributed by atoms with van der Waals surface area (Å²) in [6.07, 6.45) is -2.72. The van der Waals surface area contributed by atoms with Crippen LogP contribution >= 0.6 is 11.3 Å². The Morgan fingerprint density at radius 3 is 2.74 bits per heavy atom. The number of alkyl halides is 3. The van der Waals surface area contributed by atoms with Crippen LogP contribution in [-0.2, 0) is 6.18 Å². The van der Waals surface area contributed by atoms with Crippen molar-refractivity contribution in [3.05, 3.63) is 64.7 Å². The molecule has 1 amide bonds. The highest BCUT2D eigenvalue weighted by Crippen LogP contribution is 2.34. The van der Waals surface area contributed by atoms with E-state index < -0.39 is 11.7 Å². The summed E-state index contributed by atoms with van der Waals surface area (Å²) < 4.78 is 39.9. The lowest BCUT2D eigenvalue weighted by molar-refractivity contribution is -0.137. The van der Waals surface area contributed by atoms with Crippen LogP contribution in [0, 0.1) is 0 Å². The monoisotopic (exact) mass is 390 g/mol. The van der Waals surface area contributed by atoms with Gasteiger partial charge in [-0.3, -0.25) is 4.79 Å². The maximum Gasteiger partial charge on any atom is 0.416 e. The van der Waals surface area contributed by atoms with E-state index in [2.05, 4.69) is 4.98 Å². The quantitative estimate of drug-likeness (QED) is 0.592. The minimum Gasteiger partial charge on any atom is -0.338 e. The summed E-state index contributed by atoms with van der Waals surface area (Å²) in [5.74, 6) is -0.238. The van der Waals surface area contributed by atoms with Crippen LogP contribution in [0.15, 0.2) is 48.5 Å². The molecule has 2 heterocycles. The molecule has 3 nitrogen and oxygen atoms in total. The second kappa shape index (κ2) is 6.96. The first kappa shape index (κ1) is 18.0. The Balaban J connectivity index is 1.55. The fourth-order valence-corrected chi connectivity index (χ4v) is 4.53. The van der Waals surface area contributed by atoms with Crippen molar-refractivity contribution in [2.24, 2.45) is 0 Å². The number of benzene rings is 2. The Hall–Kier alpha value is -2.41. The maximum absolute atomic E-state index is 12.9. The summed E-state index contributed by atoms with van der Waals surface area (Å²) in [7, 11) is 0. The summed E-state index contributed by atoms with van der Waals surface area (Å²) in [4.78, 5) is 19.1. The number of hydrogen-bond acceptors (Lipinski definition) is 3. The first-order valence-corrected chi connectivity index (χ1v) is 9.55. The van der Waals surface area contributed by atoms with Gasteiger partial charge in [0.2, 0.25) is 0 Å². The molecule has 1 fully saturated rings. The zero-order valence-electron chi connectivity index (χ0n) is 14.4. The summed E-state index contributed by atoms with van der Waals surface area (Å²) >= 11 is 1.62. The molecule has 0 aliphatic carbocycles. The molecule has 1 saturated heterocycles. The molecule has 2 aromatic carbocycles. The number of fused-ring (bicyclic) bond motifs is 1. The largest absolute Gasteiger partial charge is 0.416 e. The summed E-state index contributed by atoms with van der Waals surface area (Å²) in [5, 5.41) is 0.984. The molecule has 4 rings (SSSR count). The Morgan fingerprint density at radius 2 is 1.96 bits per heavy atom. The molecule has 3 aromatic rings. The number of hydrogen-bond donors (Lipinski definition) is 0. The highest BCUT2D eigenvalue weighted by Gasteiger charge is 2.32. The predicted molar refractivity (Wildman–Crippen MR) is 98.9 cm³/mol. The lowest BCUT2D eigenvalue weighted by Gasteiger charge is -2.32. The number of nitrogens with zero attached hydrogens (tertiary/aromatic N) is 2. The molecular weight excluding hydrogens is 373 g/mol. The molecule has 0 bridgehead atoms. The fourth-order valence-electron chi connectivity index (χ4n) is 3.44. The summed E-state index contributed by atoms with van der Waals surface area (Å²) in [6.45, 7) is 1.03. The number of piperidine rings is 1. The average molecular weight is 390 g/mol. The van der Waals surface area contributed by atoms with Crippen molar-refractivity contribution < 1.29 is 18.0 Å². The molecule has 1 aliphatic rings. The van der Waals surface area contributed by atoms with Crippen LogP contribution in [0.1, 0.15) is 39.7 Å². The van der Waals surface area contributed by atoms with Crippen LogP contribution in [0.4, 0.5) is 13.2 Å². The van der Waals surface area contributed by atoms with Crippen molar-refractivity contribution in [1.29, 1.82) is 0 Å². The highest BCUT2D eigenvalue weighted by molar-refractivity contribution is 7.18. The number of aromatic nitrogens is 1. The van der Waals surface area contributed by atoms with Gasteiger partial charge in [-0.1, -0.05) is 18.2 Å². The average Bonchev–Trinajstić information content (AvgIpc) is 3.11. The number of para-hydroxylation sites is 1. The van der Waals surface area contributed by atoms with Gasteiger partial charge < -0.3 is 4.90 Å². The lowest BCUT2D eigenvalue weighted by Crippen LogP contribution is -2.39. The number of amides is 1. The van der Waals surface area contributed by atoms with E-state index in [1.165, 1.54) is 12.1 Å². The van der Waals surface area contributed by atoms with Crippen LogP contribution < -0.4 is 0 Å². The third-order valence-electron chi connectivity index (χ3n) is 4.81. The zero-order valence-corrected chi connectivity index (χ0v) is 15.2. The number of carbonyl (C=O) groups is 1. The maximum atomic E-state index is 12.9. The van der Waals surface area contributed by atoms with E-state index >= 15 is 0 Å². The first-order chi connectivity index (χ1) is 12.9. The first-order valence-electron chi connectivity index (χ1n) is 8.74. The fraction of sp³-hybridized carbons (Fsp3) is 0.300. The van der Waals surface area contributed by atoms with Gasteiger partial charge in [-0.05, 0) is 43.2 Å². The van der Waals surface area contributed by atoms with Crippen molar-refractivity contribution in [3.8, 4) is 0 Å². The van der Waals surface area contributed by atoms with Gasteiger partial charge in [0.1, 0.15) is 0 Å². The predicted octanol–water partition coefficient (Wildman–Crippen LogP) is 5.33. The van der Waals surface area contributed by atoms with Crippen LogP contribution in [0.2, 0.25) is 0 Å². The third kappa shape index (κ3) is 3.69. The van der Waals surface area contributed by atoms with Crippen LogP contribution in [-0.4, -0.2) is 28.9 Å². The minimum atomic E-state index is -4.46. The number of carbonyl (C=O) groups excluding carboxylic acids is 1. The SMILES string of the molecule is O=C(c1cccc(C(F)(F)F)c1)N1CCC[C@H](c2nc3ccccc3s2)C1. The Morgan fingerprint density at radius 1 is 1.15 bits per heavy atom. The van der Waals surface area contributed by atoms with E-state index in [0.717, 1.165) is 40.2 Å². The Kier molecular flexibility index (Phi) is 4.63. The summed E-state index contributed by atoms with van der Waals surface area (Å²) in [5.41, 5.74) is 0.224. The van der Waals surface area contributed by atoms with Gasteiger partial charge in [-0.15, -0.1) is 11.3 Å². The van der Waals surface area contributed by atoms with Crippen molar-refractivity contribution in [2.45, 2.75) is 24.9 Å². The molecule has 1 aliphatic heterocycles. The standard InChI is InChI=1S/C20H17F3N2OS/c21-20(22,23)15-7-3-5-13(11-15)19(26)25-10-4-6-14(12-25)18-24-16-8-1-2-9-17(16)27-18/h1-3,5,7-9,11,14H,4,6,10,12H2/t14-/m0/s1. The van der Waals surface area contributed by atoms with E-state index in [1.807, 2.05) is 24.3 Å². The number of rotatable bonds is 2. The van der Waals surface area contributed by atoms with E-state index in [4.69, 9.17) is 0 Å². The second-order valence-corrected chi connectivity index (χ2v) is 7.75. The normalized spacial score (nSPS) is 18.0. The molecule has 1 atom stereocenters. The lowest BCUT2D eigenvalue weighted by atomic mass is 9.97. The van der Waals surface area contributed by atoms with Crippen molar-refractivity contribution in [1.82, 2.24) is 9.88 Å². The van der Waals surface area contributed by atoms with E-state index in [0.29, 0.717) is 13.1 Å².